The first-order chi connectivity index (χ1) is 12.3. The molecule has 1 aromatic carbocycles. The Morgan fingerprint density at radius 3 is 2.52 bits per heavy atom. The van der Waals surface area contributed by atoms with Gasteiger partial charge in [-0.1, -0.05) is 12.8 Å². The molecule has 25 heavy (non-hydrogen) atoms. The van der Waals surface area contributed by atoms with Gasteiger partial charge >= 0.3 is 0 Å². The number of rotatable bonds is 5. The number of ether oxygens (including phenoxy) is 1. The Balaban J connectivity index is 1.68. The minimum absolute atomic E-state index is 0.209. The average molecular weight is 339 g/mol. The second-order valence-corrected chi connectivity index (χ2v) is 6.19. The van der Waals surface area contributed by atoms with E-state index in [0.717, 1.165) is 18.8 Å². The summed E-state index contributed by atoms with van der Waals surface area (Å²) in [6, 6.07) is 11.5. The molecule has 0 saturated carbocycles. The molecule has 1 fully saturated rings. The first-order valence-corrected chi connectivity index (χ1v) is 9.02. The summed E-state index contributed by atoms with van der Waals surface area (Å²) in [5, 5.41) is 2.92. The molecule has 2 aromatic rings. The summed E-state index contributed by atoms with van der Waals surface area (Å²) in [7, 11) is 0. The molecule has 0 spiro atoms. The number of pyridine rings is 1. The van der Waals surface area contributed by atoms with E-state index in [2.05, 4.69) is 27.3 Å². The average Bonchev–Trinajstić information content (AvgIpc) is 2.92. The van der Waals surface area contributed by atoms with Gasteiger partial charge < -0.3 is 15.0 Å². The third-order valence-electron chi connectivity index (χ3n) is 4.39. The second-order valence-electron chi connectivity index (χ2n) is 6.19. The van der Waals surface area contributed by atoms with Crippen LogP contribution in [0.1, 0.15) is 43.0 Å². The van der Waals surface area contributed by atoms with Crippen LogP contribution in [0.2, 0.25) is 0 Å². The smallest absolute Gasteiger partial charge is 0.261 e. The Hall–Kier alpha value is -2.56. The van der Waals surface area contributed by atoms with E-state index < -0.39 is 0 Å². The zero-order valence-corrected chi connectivity index (χ0v) is 14.7. The number of anilines is 2. The van der Waals surface area contributed by atoms with Crippen molar-refractivity contribution in [2.75, 3.05) is 29.9 Å². The van der Waals surface area contributed by atoms with Crippen LogP contribution in [-0.2, 0) is 0 Å². The summed E-state index contributed by atoms with van der Waals surface area (Å²) in [4.78, 5) is 19.0. The van der Waals surface area contributed by atoms with Crippen LogP contribution < -0.4 is 15.0 Å². The Morgan fingerprint density at radius 1 is 1.12 bits per heavy atom. The molecular weight excluding hydrogens is 314 g/mol. The number of hydrogen-bond acceptors (Lipinski definition) is 4. The number of aromatic nitrogens is 1. The summed E-state index contributed by atoms with van der Waals surface area (Å²) in [6.07, 6.45) is 6.76. The van der Waals surface area contributed by atoms with Gasteiger partial charge in [-0.15, -0.1) is 0 Å². The lowest BCUT2D eigenvalue weighted by molar-refractivity contribution is 0.102. The SMILES string of the molecule is CCOc1ncccc1C(=O)Nc1ccc(N2CCCCCC2)cc1. The van der Waals surface area contributed by atoms with Gasteiger partial charge in [0.15, 0.2) is 0 Å². The maximum absolute atomic E-state index is 12.5. The normalized spacial score (nSPS) is 14.7. The molecule has 1 N–H and O–H groups in total. The largest absolute Gasteiger partial charge is 0.477 e. The molecule has 0 bridgehead atoms. The highest BCUT2D eigenvalue weighted by atomic mass is 16.5. The van der Waals surface area contributed by atoms with Gasteiger partial charge in [0.25, 0.3) is 5.91 Å². The van der Waals surface area contributed by atoms with Crippen LogP contribution in [0.5, 0.6) is 5.88 Å². The third kappa shape index (κ3) is 4.50. The monoisotopic (exact) mass is 339 g/mol. The van der Waals surface area contributed by atoms with Crippen molar-refractivity contribution in [3.63, 3.8) is 0 Å². The van der Waals surface area contributed by atoms with Crippen molar-refractivity contribution in [1.29, 1.82) is 0 Å². The molecule has 1 saturated heterocycles. The summed E-state index contributed by atoms with van der Waals surface area (Å²) in [5.74, 6) is 0.155. The molecular formula is C20H25N3O2. The lowest BCUT2D eigenvalue weighted by Crippen LogP contribution is -2.23. The van der Waals surface area contributed by atoms with Gasteiger partial charge in [-0.05, 0) is 56.2 Å². The number of carbonyl (C=O) groups is 1. The molecule has 0 unspecified atom stereocenters. The lowest BCUT2D eigenvalue weighted by atomic mass is 10.2. The fourth-order valence-corrected chi connectivity index (χ4v) is 3.10. The summed E-state index contributed by atoms with van der Waals surface area (Å²) < 4.78 is 5.43. The lowest BCUT2D eigenvalue weighted by Gasteiger charge is -2.22. The number of amides is 1. The van der Waals surface area contributed by atoms with Crippen molar-refractivity contribution in [3.8, 4) is 5.88 Å². The van der Waals surface area contributed by atoms with E-state index in [1.54, 1.807) is 18.3 Å². The molecule has 5 heteroatoms. The van der Waals surface area contributed by atoms with Gasteiger partial charge in [0.2, 0.25) is 5.88 Å². The molecule has 0 radical (unpaired) electrons. The number of carbonyl (C=O) groups excluding carboxylic acids is 1. The molecule has 3 rings (SSSR count). The van der Waals surface area contributed by atoms with E-state index in [4.69, 9.17) is 4.74 Å². The predicted molar refractivity (Wildman–Crippen MR) is 100 cm³/mol. The van der Waals surface area contributed by atoms with E-state index >= 15 is 0 Å². The molecule has 5 nitrogen and oxygen atoms in total. The standard InChI is InChI=1S/C20H25N3O2/c1-2-25-20-18(8-7-13-21-20)19(24)22-16-9-11-17(12-10-16)23-14-5-3-4-6-15-23/h7-13H,2-6,14-15H2,1H3,(H,22,24). The number of benzene rings is 1. The fourth-order valence-electron chi connectivity index (χ4n) is 3.10. The predicted octanol–water partition coefficient (Wildman–Crippen LogP) is 4.11. The van der Waals surface area contributed by atoms with Gasteiger partial charge in [0.05, 0.1) is 6.61 Å². The quantitative estimate of drug-likeness (QED) is 0.890. The minimum Gasteiger partial charge on any atom is -0.477 e. The highest BCUT2D eigenvalue weighted by molar-refractivity contribution is 6.05. The zero-order valence-electron chi connectivity index (χ0n) is 14.7. The van der Waals surface area contributed by atoms with Gasteiger partial charge in [0.1, 0.15) is 5.56 Å². The molecule has 0 atom stereocenters. The zero-order chi connectivity index (χ0) is 17.5. The van der Waals surface area contributed by atoms with E-state index in [0.29, 0.717) is 18.1 Å². The summed E-state index contributed by atoms with van der Waals surface area (Å²) in [6.45, 7) is 4.57. The molecule has 1 aliphatic heterocycles. The highest BCUT2D eigenvalue weighted by Gasteiger charge is 2.14. The van der Waals surface area contributed by atoms with Crippen LogP contribution in [0, 0.1) is 0 Å². The maximum atomic E-state index is 12.5. The molecule has 1 amide bonds. The third-order valence-corrected chi connectivity index (χ3v) is 4.39. The van der Waals surface area contributed by atoms with Crippen LogP contribution in [0.4, 0.5) is 11.4 Å². The maximum Gasteiger partial charge on any atom is 0.261 e. The molecule has 1 aliphatic rings. The fraction of sp³-hybridized carbons (Fsp3) is 0.400. The van der Waals surface area contributed by atoms with Gasteiger partial charge in [-0.3, -0.25) is 4.79 Å². The molecule has 0 aliphatic carbocycles. The van der Waals surface area contributed by atoms with Gasteiger partial charge in [-0.25, -0.2) is 4.98 Å². The molecule has 132 valence electrons. The van der Waals surface area contributed by atoms with Crippen molar-refractivity contribution in [2.24, 2.45) is 0 Å². The Bertz CT molecular complexity index is 692. The first kappa shape index (κ1) is 17.3. The number of hydrogen-bond donors (Lipinski definition) is 1. The van der Waals surface area contributed by atoms with Gasteiger partial charge in [-0.2, -0.15) is 0 Å². The number of nitrogens with one attached hydrogen (secondary N) is 1. The van der Waals surface area contributed by atoms with E-state index in [-0.39, 0.29) is 5.91 Å². The van der Waals surface area contributed by atoms with Crippen molar-refractivity contribution in [1.82, 2.24) is 4.98 Å². The van der Waals surface area contributed by atoms with Gasteiger partial charge in [0, 0.05) is 30.7 Å². The Morgan fingerprint density at radius 2 is 1.84 bits per heavy atom. The minimum atomic E-state index is -0.209. The van der Waals surface area contributed by atoms with Crippen LogP contribution in [0.25, 0.3) is 0 Å². The second kappa shape index (κ2) is 8.51. The topological polar surface area (TPSA) is 54.5 Å². The Labute approximate surface area is 149 Å². The van der Waals surface area contributed by atoms with Crippen molar-refractivity contribution in [2.45, 2.75) is 32.6 Å². The van der Waals surface area contributed by atoms with Crippen molar-refractivity contribution < 1.29 is 9.53 Å². The van der Waals surface area contributed by atoms with E-state index in [1.807, 2.05) is 19.1 Å². The van der Waals surface area contributed by atoms with E-state index in [9.17, 15) is 4.79 Å². The van der Waals surface area contributed by atoms with Crippen LogP contribution in [0.15, 0.2) is 42.6 Å². The molecule has 2 heterocycles. The van der Waals surface area contributed by atoms with E-state index in [1.165, 1.54) is 31.4 Å². The first-order valence-electron chi connectivity index (χ1n) is 9.02. The van der Waals surface area contributed by atoms with Crippen molar-refractivity contribution >= 4 is 17.3 Å². The highest BCUT2D eigenvalue weighted by Crippen LogP contribution is 2.22. The van der Waals surface area contributed by atoms with Crippen molar-refractivity contribution in [3.05, 3.63) is 48.2 Å². The number of nitrogens with zero attached hydrogens (tertiary/aromatic N) is 2. The molecule has 1 aromatic heterocycles. The van der Waals surface area contributed by atoms with Crippen LogP contribution >= 0.6 is 0 Å². The van der Waals surface area contributed by atoms with Crippen LogP contribution in [0.3, 0.4) is 0 Å². The summed E-state index contributed by atoms with van der Waals surface area (Å²) in [5.41, 5.74) is 2.44. The Kier molecular flexibility index (Phi) is 5.88. The van der Waals surface area contributed by atoms with Crippen LogP contribution in [-0.4, -0.2) is 30.6 Å². The summed E-state index contributed by atoms with van der Waals surface area (Å²) >= 11 is 0.